The molecule has 2 saturated heterocycles. The van der Waals surface area contributed by atoms with Crippen LogP contribution in [0.25, 0.3) is 0 Å². The summed E-state index contributed by atoms with van der Waals surface area (Å²) in [6, 6.07) is 6.15. The lowest BCUT2D eigenvalue weighted by Gasteiger charge is -2.37. The second kappa shape index (κ2) is 12.8. The van der Waals surface area contributed by atoms with Gasteiger partial charge in [0.2, 0.25) is 0 Å². The topological polar surface area (TPSA) is 99.3 Å². The van der Waals surface area contributed by atoms with Gasteiger partial charge in [0.05, 0.1) is 24.0 Å². The van der Waals surface area contributed by atoms with Crippen LogP contribution in [-0.2, 0) is 16.0 Å². The van der Waals surface area contributed by atoms with Crippen molar-refractivity contribution in [1.29, 1.82) is 0 Å². The van der Waals surface area contributed by atoms with Crippen LogP contribution in [0, 0.1) is 0 Å². The number of nitrogens with one attached hydrogen (secondary N) is 2. The van der Waals surface area contributed by atoms with Crippen LogP contribution < -0.4 is 15.5 Å². The lowest BCUT2D eigenvalue weighted by Crippen LogP contribution is -2.49. The van der Waals surface area contributed by atoms with E-state index in [1.54, 1.807) is 19.6 Å². The average Bonchev–Trinajstić information content (AvgIpc) is 3.57. The number of nitrogens with zero attached hydrogens (tertiary/aromatic N) is 4. The van der Waals surface area contributed by atoms with Crippen molar-refractivity contribution in [3.8, 4) is 0 Å². The molecule has 11 heteroatoms. The minimum Gasteiger partial charge on any atom is -0.383 e. The molecule has 0 aliphatic carbocycles. The number of anilines is 2. The molecular weight excluding hydrogens is 492 g/mol. The predicted molar refractivity (Wildman–Crippen MR) is 146 cm³/mol. The molecule has 0 unspecified atom stereocenters. The summed E-state index contributed by atoms with van der Waals surface area (Å²) in [7, 11) is 5.46. The van der Waals surface area contributed by atoms with E-state index in [4.69, 9.17) is 9.47 Å². The first kappa shape index (κ1) is 27.5. The van der Waals surface area contributed by atoms with E-state index in [0.717, 1.165) is 56.4 Å². The van der Waals surface area contributed by atoms with Crippen LogP contribution in [0.2, 0.25) is 0 Å². The molecule has 2 aromatic rings. The molecule has 2 atom stereocenters. The minimum atomic E-state index is -0.337. The highest BCUT2D eigenvalue weighted by atomic mass is 32.1. The summed E-state index contributed by atoms with van der Waals surface area (Å²) in [5, 5.41) is 8.36. The highest BCUT2D eigenvalue weighted by molar-refractivity contribution is 7.14. The van der Waals surface area contributed by atoms with E-state index in [-0.39, 0.29) is 17.9 Å². The van der Waals surface area contributed by atoms with E-state index in [1.165, 1.54) is 11.3 Å². The Kier molecular flexibility index (Phi) is 9.49. The monoisotopic (exact) mass is 530 g/mol. The molecule has 10 nitrogen and oxygen atoms in total. The number of thiazole rings is 1. The third-order valence-corrected chi connectivity index (χ3v) is 7.99. The first-order chi connectivity index (χ1) is 17.9. The van der Waals surface area contributed by atoms with Gasteiger partial charge < -0.3 is 29.9 Å². The zero-order valence-electron chi connectivity index (χ0n) is 22.2. The molecule has 0 radical (unpaired) electrons. The number of carbonyl (C=O) groups is 2. The van der Waals surface area contributed by atoms with Crippen molar-refractivity contribution in [2.24, 2.45) is 0 Å². The van der Waals surface area contributed by atoms with Gasteiger partial charge in [0.25, 0.3) is 11.8 Å². The molecule has 2 N–H and O–H groups in total. The first-order valence-corrected chi connectivity index (χ1v) is 13.6. The Bertz CT molecular complexity index is 1080. The van der Waals surface area contributed by atoms with Gasteiger partial charge in [0.15, 0.2) is 5.13 Å². The summed E-state index contributed by atoms with van der Waals surface area (Å²) in [4.78, 5) is 37.6. The van der Waals surface area contributed by atoms with Crippen molar-refractivity contribution in [1.82, 2.24) is 20.1 Å². The largest absolute Gasteiger partial charge is 0.383 e. The normalized spacial score (nSPS) is 20.8. The standard InChI is InChI=1S/C26H38N6O4S/c1-18-14-31(11-10-30(18)2)15-19-5-6-22(21(13-19)24(33)27-8-12-35-3)28-25(34)23-17-37-26(29-23)32-9-7-20(16-32)36-4/h5-6,13,17-18,20H,7-12,14-16H2,1-4H3,(H,27,33)(H,28,34)/t18-,20-/m0/s1. The first-order valence-electron chi connectivity index (χ1n) is 12.7. The number of likely N-dealkylation sites (N-methyl/N-ethyl adjacent to an activating group) is 1. The van der Waals surface area contributed by atoms with Gasteiger partial charge in [-0.3, -0.25) is 14.5 Å². The number of piperazine rings is 1. The molecule has 0 spiro atoms. The van der Waals surface area contributed by atoms with Crippen molar-refractivity contribution in [2.45, 2.75) is 32.0 Å². The SMILES string of the molecule is COCCNC(=O)c1cc(CN2CCN(C)[C@@H](C)C2)ccc1NC(=O)c1csc(N2CC[C@H](OC)C2)n1. The Hall–Kier alpha value is -2.57. The van der Waals surface area contributed by atoms with Crippen molar-refractivity contribution in [3.63, 3.8) is 0 Å². The molecule has 3 heterocycles. The van der Waals surface area contributed by atoms with Gasteiger partial charge in [-0.2, -0.15) is 0 Å². The number of amides is 2. The van der Waals surface area contributed by atoms with Crippen LogP contribution in [0.3, 0.4) is 0 Å². The summed E-state index contributed by atoms with van der Waals surface area (Å²) in [5.41, 5.74) is 2.26. The van der Waals surface area contributed by atoms with E-state index >= 15 is 0 Å². The van der Waals surface area contributed by atoms with Crippen molar-refractivity contribution in [3.05, 3.63) is 40.4 Å². The van der Waals surface area contributed by atoms with E-state index in [9.17, 15) is 9.59 Å². The molecule has 1 aromatic carbocycles. The zero-order valence-corrected chi connectivity index (χ0v) is 23.0. The zero-order chi connectivity index (χ0) is 26.4. The third kappa shape index (κ3) is 7.05. The fourth-order valence-electron chi connectivity index (χ4n) is 4.67. The molecule has 0 saturated carbocycles. The second-order valence-electron chi connectivity index (χ2n) is 9.76. The summed E-state index contributed by atoms with van der Waals surface area (Å²) < 4.78 is 10.5. The summed E-state index contributed by atoms with van der Waals surface area (Å²) in [6.07, 6.45) is 1.13. The summed E-state index contributed by atoms with van der Waals surface area (Å²) in [5.74, 6) is -0.584. The van der Waals surface area contributed by atoms with Crippen LogP contribution in [0.4, 0.5) is 10.8 Å². The second-order valence-corrected chi connectivity index (χ2v) is 10.6. The fourth-order valence-corrected chi connectivity index (χ4v) is 5.51. The summed E-state index contributed by atoms with van der Waals surface area (Å²) in [6.45, 7) is 8.35. The molecule has 2 amide bonds. The average molecular weight is 531 g/mol. The maximum Gasteiger partial charge on any atom is 0.275 e. The van der Waals surface area contributed by atoms with Gasteiger partial charge in [0, 0.05) is 71.5 Å². The molecule has 0 bridgehead atoms. The molecule has 1 aromatic heterocycles. The van der Waals surface area contributed by atoms with E-state index in [1.807, 2.05) is 18.2 Å². The van der Waals surface area contributed by atoms with Gasteiger partial charge in [-0.1, -0.05) is 6.07 Å². The number of carbonyl (C=O) groups excluding carboxylic acids is 2. The molecule has 2 aliphatic rings. The molecule has 2 aliphatic heterocycles. The number of rotatable bonds is 10. The molecule has 2 fully saturated rings. The van der Waals surface area contributed by atoms with E-state index in [2.05, 4.69) is 44.3 Å². The Morgan fingerprint density at radius 2 is 2.00 bits per heavy atom. The van der Waals surface area contributed by atoms with E-state index < -0.39 is 0 Å². The molecule has 202 valence electrons. The van der Waals surface area contributed by atoms with Gasteiger partial charge in [0.1, 0.15) is 5.69 Å². The Labute approximate surface area is 222 Å². The number of hydrogen-bond acceptors (Lipinski definition) is 9. The number of methoxy groups -OCH3 is 2. The Morgan fingerprint density at radius 1 is 1.16 bits per heavy atom. The minimum absolute atomic E-state index is 0.188. The number of ether oxygens (including phenoxy) is 2. The van der Waals surface area contributed by atoms with Gasteiger partial charge in [-0.15, -0.1) is 11.3 Å². The molecular formula is C26H38N6O4S. The highest BCUT2D eigenvalue weighted by Gasteiger charge is 2.26. The number of aromatic nitrogens is 1. The van der Waals surface area contributed by atoms with Crippen LogP contribution in [0.1, 0.15) is 39.8 Å². The number of hydrogen-bond donors (Lipinski definition) is 2. The van der Waals surface area contributed by atoms with Crippen LogP contribution in [0.5, 0.6) is 0 Å². The molecule has 4 rings (SSSR count). The smallest absolute Gasteiger partial charge is 0.275 e. The number of benzene rings is 1. The van der Waals surface area contributed by atoms with Gasteiger partial charge >= 0.3 is 0 Å². The van der Waals surface area contributed by atoms with Crippen LogP contribution in [-0.4, -0.2) is 106 Å². The summed E-state index contributed by atoms with van der Waals surface area (Å²) >= 11 is 1.44. The Morgan fingerprint density at radius 3 is 2.73 bits per heavy atom. The van der Waals surface area contributed by atoms with E-state index in [0.29, 0.717) is 36.1 Å². The van der Waals surface area contributed by atoms with Crippen molar-refractivity contribution >= 4 is 34.0 Å². The third-order valence-electron chi connectivity index (χ3n) is 7.09. The maximum atomic E-state index is 13.1. The van der Waals surface area contributed by atoms with Crippen molar-refractivity contribution < 1.29 is 19.1 Å². The highest BCUT2D eigenvalue weighted by Crippen LogP contribution is 2.27. The lowest BCUT2D eigenvalue weighted by molar-refractivity contribution is 0.0936. The lowest BCUT2D eigenvalue weighted by atomic mass is 10.1. The fraction of sp³-hybridized carbons (Fsp3) is 0.577. The van der Waals surface area contributed by atoms with Crippen molar-refractivity contribution in [2.75, 3.05) is 77.4 Å². The molecule has 37 heavy (non-hydrogen) atoms. The van der Waals surface area contributed by atoms with Crippen LogP contribution >= 0.6 is 11.3 Å². The predicted octanol–water partition coefficient (Wildman–Crippen LogP) is 2.13. The van der Waals surface area contributed by atoms with Crippen LogP contribution in [0.15, 0.2) is 23.6 Å². The quantitative estimate of drug-likeness (QED) is 0.451. The Balaban J connectivity index is 1.48. The van der Waals surface area contributed by atoms with Gasteiger partial charge in [-0.25, -0.2) is 4.98 Å². The van der Waals surface area contributed by atoms with Gasteiger partial charge in [-0.05, 0) is 38.1 Å². The maximum absolute atomic E-state index is 13.1.